The molecule has 1 N–H and O–H groups in total. The van der Waals surface area contributed by atoms with Gasteiger partial charge in [-0.05, 0) is 63.2 Å². The van der Waals surface area contributed by atoms with Crippen molar-refractivity contribution in [2.75, 3.05) is 0 Å². The van der Waals surface area contributed by atoms with Crippen LogP contribution >= 0.6 is 0 Å². The van der Waals surface area contributed by atoms with Gasteiger partial charge in [0.15, 0.2) is 0 Å². The van der Waals surface area contributed by atoms with Gasteiger partial charge in [0.25, 0.3) is 0 Å². The van der Waals surface area contributed by atoms with Gasteiger partial charge in [-0.3, -0.25) is 0 Å². The minimum absolute atomic E-state index is 0. The van der Waals surface area contributed by atoms with E-state index in [1.807, 2.05) is 78.6 Å². The average Bonchev–Trinajstić information content (AvgIpc) is 2.91. The molecule has 2 fully saturated rings. The van der Waals surface area contributed by atoms with Gasteiger partial charge in [-0.15, -0.1) is 0 Å². The van der Waals surface area contributed by atoms with Gasteiger partial charge < -0.3 is 5.11 Å². The molecule has 0 amide bonds. The van der Waals surface area contributed by atoms with Crippen molar-refractivity contribution < 1.29 is 22.2 Å². The van der Waals surface area contributed by atoms with E-state index in [-0.39, 0.29) is 28.6 Å². The van der Waals surface area contributed by atoms with Gasteiger partial charge in [0, 0.05) is 5.92 Å². The quantitative estimate of drug-likeness (QED) is 0.728. The Hall–Kier alpha value is 0.479. The van der Waals surface area contributed by atoms with E-state index in [1.54, 1.807) is 0 Å². The molecule has 2 aliphatic rings. The molecule has 0 spiro atoms. The SMILES string of the molecule is CC(C)(C)[C@@H](O)[C]1[CH][CH][CH][CH]1.[CH]1[CH][CH][CH][CH]1.[Fe+2]. The van der Waals surface area contributed by atoms with Crippen molar-refractivity contribution in [3.63, 3.8) is 0 Å². The van der Waals surface area contributed by atoms with Crippen LogP contribution in [0.15, 0.2) is 0 Å². The van der Waals surface area contributed by atoms with E-state index in [1.165, 1.54) is 0 Å². The molecule has 0 heterocycles. The summed E-state index contributed by atoms with van der Waals surface area (Å²) < 4.78 is 0. The minimum Gasteiger partial charge on any atom is -0.392 e. The van der Waals surface area contributed by atoms with Crippen LogP contribution in [0.25, 0.3) is 0 Å². The van der Waals surface area contributed by atoms with Crippen LogP contribution in [0, 0.1) is 69.1 Å². The third-order valence-corrected chi connectivity index (χ3v) is 2.38. The molecule has 0 aromatic heterocycles. The third-order valence-electron chi connectivity index (χ3n) is 2.38. The van der Waals surface area contributed by atoms with Crippen LogP contribution in [0.1, 0.15) is 20.8 Å². The molecule has 2 heteroatoms. The number of hydrogen-bond donors (Lipinski definition) is 1. The maximum atomic E-state index is 9.75. The average molecular weight is 272 g/mol. The number of rotatable bonds is 1. The Morgan fingerprint density at radius 2 is 1.18 bits per heavy atom. The molecule has 0 aromatic carbocycles. The van der Waals surface area contributed by atoms with Crippen LogP contribution in [-0.2, 0) is 17.1 Å². The van der Waals surface area contributed by atoms with Crippen LogP contribution in [0.3, 0.4) is 0 Å². The first kappa shape index (κ1) is 17.5. The summed E-state index contributed by atoms with van der Waals surface area (Å²) >= 11 is 0. The Labute approximate surface area is 118 Å². The second-order valence-corrected chi connectivity index (χ2v) is 4.95. The molecule has 92 valence electrons. The number of aliphatic hydroxyl groups is 1. The zero-order chi connectivity index (χ0) is 12.0. The smallest absolute Gasteiger partial charge is 0.392 e. The molecule has 1 nitrogen and oxygen atoms in total. The van der Waals surface area contributed by atoms with Crippen molar-refractivity contribution >= 4 is 0 Å². The second kappa shape index (κ2) is 8.56. The Morgan fingerprint density at radius 3 is 1.47 bits per heavy atom. The first-order valence-electron chi connectivity index (χ1n) is 5.58. The predicted octanol–water partition coefficient (Wildman–Crippen LogP) is 2.82. The van der Waals surface area contributed by atoms with Gasteiger partial charge in [-0.2, -0.15) is 0 Å². The van der Waals surface area contributed by atoms with Gasteiger partial charge in [0.05, 0.1) is 6.10 Å². The summed E-state index contributed by atoms with van der Waals surface area (Å²) in [5, 5.41) is 9.75. The van der Waals surface area contributed by atoms with Gasteiger partial charge in [0.2, 0.25) is 0 Å². The maximum Gasteiger partial charge on any atom is 2.00 e. The van der Waals surface area contributed by atoms with E-state index < -0.39 is 0 Å². The van der Waals surface area contributed by atoms with Crippen LogP contribution in [-0.4, -0.2) is 11.2 Å². The molecule has 0 saturated heterocycles. The number of aliphatic hydroxyl groups excluding tert-OH is 1. The topological polar surface area (TPSA) is 20.2 Å². The summed E-state index contributed by atoms with van der Waals surface area (Å²) in [5.41, 5.74) is -0.0612. The summed E-state index contributed by atoms with van der Waals surface area (Å²) in [4.78, 5) is 0. The summed E-state index contributed by atoms with van der Waals surface area (Å²) in [6.45, 7) is 6.10. The zero-order valence-electron chi connectivity index (χ0n) is 10.6. The van der Waals surface area contributed by atoms with E-state index in [2.05, 4.69) is 0 Å². The predicted molar refractivity (Wildman–Crippen MR) is 67.4 cm³/mol. The molecular weight excluding hydrogens is 252 g/mol. The van der Waals surface area contributed by atoms with Crippen molar-refractivity contribution in [1.82, 2.24) is 0 Å². The molecule has 10 radical (unpaired) electrons. The number of hydrogen-bond acceptors (Lipinski definition) is 1. The monoisotopic (exact) mass is 272 g/mol. The fraction of sp³-hybridized carbons (Fsp3) is 0.333. The summed E-state index contributed by atoms with van der Waals surface area (Å²) in [5.74, 6) is 1.01. The summed E-state index contributed by atoms with van der Waals surface area (Å²) in [6.07, 6.45) is 17.5. The molecule has 2 rings (SSSR count). The minimum atomic E-state index is -0.350. The summed E-state index contributed by atoms with van der Waals surface area (Å²) in [6, 6.07) is 0. The first-order chi connectivity index (χ1) is 7.52. The van der Waals surface area contributed by atoms with Crippen molar-refractivity contribution in [3.05, 3.63) is 63.7 Å². The Morgan fingerprint density at radius 1 is 0.824 bits per heavy atom. The molecule has 1 atom stereocenters. The third kappa shape index (κ3) is 6.84. The molecular formula is C15H20FeO+2. The van der Waals surface area contributed by atoms with Crippen LogP contribution in [0.5, 0.6) is 0 Å². The van der Waals surface area contributed by atoms with E-state index in [0.29, 0.717) is 0 Å². The Balaban J connectivity index is 0.000000360. The van der Waals surface area contributed by atoms with Gasteiger partial charge in [-0.25, -0.2) is 0 Å². The maximum absolute atomic E-state index is 9.75. The summed E-state index contributed by atoms with van der Waals surface area (Å²) in [7, 11) is 0. The van der Waals surface area contributed by atoms with Gasteiger partial charge in [0.1, 0.15) is 0 Å². The molecule has 2 saturated carbocycles. The zero-order valence-corrected chi connectivity index (χ0v) is 11.7. The van der Waals surface area contributed by atoms with Crippen LogP contribution in [0.2, 0.25) is 0 Å². The largest absolute Gasteiger partial charge is 2.00 e. The molecule has 0 unspecified atom stereocenters. The molecule has 17 heavy (non-hydrogen) atoms. The fourth-order valence-electron chi connectivity index (χ4n) is 1.39. The standard InChI is InChI=1S/C10H15O.C5H5.Fe/c1-10(2,3)9(11)8-6-4-5-7-8;1-2-4-5-3-1;/h4-7,9,11H,1-3H3;1-5H;/q;;+2/t9-;;/m0../s1. The van der Waals surface area contributed by atoms with Gasteiger partial charge in [-0.1, -0.05) is 20.8 Å². The van der Waals surface area contributed by atoms with Gasteiger partial charge >= 0.3 is 17.1 Å². The van der Waals surface area contributed by atoms with E-state index in [0.717, 1.165) is 5.92 Å². The van der Waals surface area contributed by atoms with E-state index >= 15 is 0 Å². The molecule has 2 aliphatic carbocycles. The van der Waals surface area contributed by atoms with Crippen molar-refractivity contribution in [3.8, 4) is 0 Å². The van der Waals surface area contributed by atoms with Crippen LogP contribution in [0.4, 0.5) is 0 Å². The normalized spacial score (nSPS) is 22.6. The van der Waals surface area contributed by atoms with Crippen molar-refractivity contribution in [2.24, 2.45) is 5.41 Å². The van der Waals surface area contributed by atoms with E-state index in [9.17, 15) is 5.11 Å². The Bertz CT molecular complexity index is 168. The van der Waals surface area contributed by atoms with Crippen LogP contribution < -0.4 is 0 Å². The van der Waals surface area contributed by atoms with E-state index in [4.69, 9.17) is 0 Å². The molecule has 0 bridgehead atoms. The second-order valence-electron chi connectivity index (χ2n) is 4.95. The molecule has 0 aliphatic heterocycles. The fourth-order valence-corrected chi connectivity index (χ4v) is 1.39. The molecule has 0 aromatic rings. The Kier molecular flexibility index (Phi) is 8.80. The van der Waals surface area contributed by atoms with Crippen molar-refractivity contribution in [1.29, 1.82) is 0 Å². The first-order valence-corrected chi connectivity index (χ1v) is 5.58. The van der Waals surface area contributed by atoms with Crippen molar-refractivity contribution in [2.45, 2.75) is 26.9 Å².